The maximum atomic E-state index is 12.1. The summed E-state index contributed by atoms with van der Waals surface area (Å²) in [5.74, 6) is 0.447. The molecule has 0 amide bonds. The molecule has 0 radical (unpaired) electrons. The normalized spacial score (nSPS) is 11.4. The van der Waals surface area contributed by atoms with Gasteiger partial charge >= 0.3 is 0 Å². The highest BCUT2D eigenvalue weighted by Gasteiger charge is 2.17. The van der Waals surface area contributed by atoms with Crippen LogP contribution in [-0.4, -0.2) is 37.1 Å². The fourth-order valence-corrected chi connectivity index (χ4v) is 2.66. The molecule has 2 aromatic rings. The maximum Gasteiger partial charge on any atom is 0.244 e. The number of nitrogens with zero attached hydrogens (tertiary/aromatic N) is 3. The van der Waals surface area contributed by atoms with Gasteiger partial charge in [0.1, 0.15) is 4.90 Å². The fraction of sp³-hybridized carbons (Fsp3) is 0.300. The van der Waals surface area contributed by atoms with Crippen LogP contribution in [0.25, 0.3) is 0 Å². The Morgan fingerprint density at radius 3 is 2.95 bits per heavy atom. The summed E-state index contributed by atoms with van der Waals surface area (Å²) in [5.41, 5.74) is 0.488. The zero-order valence-electron chi connectivity index (χ0n) is 10.2. The van der Waals surface area contributed by atoms with Crippen molar-refractivity contribution in [1.82, 2.24) is 19.8 Å². The van der Waals surface area contributed by atoms with Crippen LogP contribution < -0.4 is 10.0 Å². The van der Waals surface area contributed by atoms with Gasteiger partial charge in [0, 0.05) is 32.4 Å². The van der Waals surface area contributed by atoms with Crippen molar-refractivity contribution in [3.63, 3.8) is 0 Å². The standard InChI is InChI=1S/C10H13N5O3S/c1-11-8-2-4-12-6-9(8)19(16,17)14-5-3-10-13-7-18-15-10/h2,4,6-7,14H,3,5H2,1H3,(H,11,12). The van der Waals surface area contributed by atoms with Crippen LogP contribution in [-0.2, 0) is 16.4 Å². The lowest BCUT2D eigenvalue weighted by Gasteiger charge is -2.09. The molecule has 2 N–H and O–H groups in total. The largest absolute Gasteiger partial charge is 0.387 e. The van der Waals surface area contributed by atoms with Gasteiger partial charge in [0.25, 0.3) is 0 Å². The summed E-state index contributed by atoms with van der Waals surface area (Å²) in [6, 6.07) is 1.59. The number of rotatable bonds is 6. The number of aromatic nitrogens is 3. The van der Waals surface area contributed by atoms with Gasteiger partial charge in [0.15, 0.2) is 5.82 Å². The highest BCUT2D eigenvalue weighted by atomic mass is 32.2. The summed E-state index contributed by atoms with van der Waals surface area (Å²) in [5, 5.41) is 6.40. The Morgan fingerprint density at radius 2 is 2.26 bits per heavy atom. The molecular formula is C10H13N5O3S. The zero-order chi connectivity index (χ0) is 13.7. The molecule has 9 heteroatoms. The first-order chi connectivity index (χ1) is 9.13. The minimum atomic E-state index is -3.62. The monoisotopic (exact) mass is 283 g/mol. The van der Waals surface area contributed by atoms with Gasteiger partial charge in [-0.15, -0.1) is 0 Å². The molecule has 0 aliphatic rings. The van der Waals surface area contributed by atoms with Gasteiger partial charge in [-0.05, 0) is 6.07 Å². The molecule has 0 aliphatic carbocycles. The Balaban J connectivity index is 2.05. The van der Waals surface area contributed by atoms with E-state index in [4.69, 9.17) is 0 Å². The van der Waals surface area contributed by atoms with Crippen LogP contribution in [0.5, 0.6) is 0 Å². The first kappa shape index (κ1) is 13.4. The van der Waals surface area contributed by atoms with Gasteiger partial charge in [-0.25, -0.2) is 13.1 Å². The average molecular weight is 283 g/mol. The van der Waals surface area contributed by atoms with Crippen LogP contribution in [0.1, 0.15) is 5.82 Å². The molecule has 19 heavy (non-hydrogen) atoms. The van der Waals surface area contributed by atoms with Crippen LogP contribution in [0.15, 0.2) is 34.3 Å². The van der Waals surface area contributed by atoms with E-state index in [1.807, 2.05) is 0 Å². The average Bonchev–Trinajstić information content (AvgIpc) is 2.91. The topological polar surface area (TPSA) is 110 Å². The van der Waals surface area contributed by atoms with E-state index in [1.165, 1.54) is 18.8 Å². The van der Waals surface area contributed by atoms with Gasteiger partial charge in [0.05, 0.1) is 5.69 Å². The molecule has 0 bridgehead atoms. The van der Waals surface area contributed by atoms with E-state index >= 15 is 0 Å². The Morgan fingerprint density at radius 1 is 1.42 bits per heavy atom. The zero-order valence-corrected chi connectivity index (χ0v) is 11.0. The third kappa shape index (κ3) is 3.26. The second-order valence-electron chi connectivity index (χ2n) is 3.62. The molecule has 0 spiro atoms. The van der Waals surface area contributed by atoms with E-state index in [-0.39, 0.29) is 11.4 Å². The molecule has 102 valence electrons. The maximum absolute atomic E-state index is 12.1. The lowest BCUT2D eigenvalue weighted by molar-refractivity contribution is 0.410. The fourth-order valence-electron chi connectivity index (χ4n) is 1.48. The predicted octanol–water partition coefficient (Wildman–Crippen LogP) is 0.0273. The third-order valence-electron chi connectivity index (χ3n) is 2.39. The predicted molar refractivity (Wildman–Crippen MR) is 67.0 cm³/mol. The molecule has 0 aromatic carbocycles. The number of hydrogen-bond acceptors (Lipinski definition) is 7. The Kier molecular flexibility index (Phi) is 4.07. The van der Waals surface area contributed by atoms with E-state index in [0.717, 1.165) is 0 Å². The Bertz CT molecular complexity index is 626. The van der Waals surface area contributed by atoms with Crippen LogP contribution in [0.3, 0.4) is 0 Å². The lowest BCUT2D eigenvalue weighted by Crippen LogP contribution is -2.27. The molecule has 8 nitrogen and oxygen atoms in total. The summed E-state index contributed by atoms with van der Waals surface area (Å²) < 4.78 is 31.2. The molecule has 0 fully saturated rings. The molecule has 0 saturated carbocycles. The summed E-state index contributed by atoms with van der Waals surface area (Å²) in [4.78, 5) is 7.73. The van der Waals surface area contributed by atoms with E-state index in [1.54, 1.807) is 13.1 Å². The molecule has 2 heterocycles. The Hall–Kier alpha value is -2.00. The minimum absolute atomic E-state index is 0.102. The van der Waals surface area contributed by atoms with Crippen molar-refractivity contribution in [3.05, 3.63) is 30.7 Å². The minimum Gasteiger partial charge on any atom is -0.387 e. The van der Waals surface area contributed by atoms with Crippen LogP contribution in [0, 0.1) is 0 Å². The van der Waals surface area contributed by atoms with E-state index in [9.17, 15) is 8.42 Å². The molecular weight excluding hydrogens is 270 g/mol. The van der Waals surface area contributed by atoms with Crippen LogP contribution in [0.2, 0.25) is 0 Å². The molecule has 0 atom stereocenters. The number of nitrogens with one attached hydrogen (secondary N) is 2. The first-order valence-corrected chi connectivity index (χ1v) is 6.98. The number of hydrogen-bond donors (Lipinski definition) is 2. The van der Waals surface area contributed by atoms with Crippen molar-refractivity contribution < 1.29 is 12.9 Å². The SMILES string of the molecule is CNc1ccncc1S(=O)(=O)NCCc1ncon1. The van der Waals surface area contributed by atoms with Gasteiger partial charge < -0.3 is 9.84 Å². The summed E-state index contributed by atoms with van der Waals surface area (Å²) in [6.45, 7) is 0.180. The highest BCUT2D eigenvalue weighted by molar-refractivity contribution is 7.89. The lowest BCUT2D eigenvalue weighted by atomic mass is 10.4. The van der Waals surface area contributed by atoms with Crippen molar-refractivity contribution in [1.29, 1.82) is 0 Å². The van der Waals surface area contributed by atoms with Crippen LogP contribution >= 0.6 is 0 Å². The summed E-state index contributed by atoms with van der Waals surface area (Å²) in [7, 11) is -1.97. The summed E-state index contributed by atoms with van der Waals surface area (Å²) >= 11 is 0. The van der Waals surface area contributed by atoms with Crippen molar-refractivity contribution in [2.24, 2.45) is 0 Å². The van der Waals surface area contributed by atoms with E-state index in [2.05, 4.69) is 29.7 Å². The third-order valence-corrected chi connectivity index (χ3v) is 3.88. The number of pyridine rings is 1. The van der Waals surface area contributed by atoms with Gasteiger partial charge in [-0.3, -0.25) is 4.98 Å². The van der Waals surface area contributed by atoms with E-state index < -0.39 is 10.0 Å². The quantitative estimate of drug-likeness (QED) is 0.769. The van der Waals surface area contributed by atoms with Crippen LogP contribution in [0.4, 0.5) is 5.69 Å². The number of sulfonamides is 1. The van der Waals surface area contributed by atoms with Crippen molar-refractivity contribution in [2.45, 2.75) is 11.3 Å². The summed E-state index contributed by atoms with van der Waals surface area (Å²) in [6.07, 6.45) is 4.36. The highest BCUT2D eigenvalue weighted by Crippen LogP contribution is 2.18. The smallest absolute Gasteiger partial charge is 0.244 e. The molecule has 0 unspecified atom stereocenters. The second kappa shape index (κ2) is 5.76. The van der Waals surface area contributed by atoms with Crippen molar-refractivity contribution >= 4 is 15.7 Å². The van der Waals surface area contributed by atoms with Gasteiger partial charge in [0.2, 0.25) is 16.4 Å². The Labute approximate surface area is 110 Å². The number of anilines is 1. The second-order valence-corrected chi connectivity index (χ2v) is 5.35. The van der Waals surface area contributed by atoms with E-state index in [0.29, 0.717) is 17.9 Å². The van der Waals surface area contributed by atoms with Crippen molar-refractivity contribution in [2.75, 3.05) is 18.9 Å². The van der Waals surface area contributed by atoms with Gasteiger partial charge in [-0.2, -0.15) is 4.98 Å². The van der Waals surface area contributed by atoms with Crippen molar-refractivity contribution in [3.8, 4) is 0 Å². The molecule has 0 aliphatic heterocycles. The van der Waals surface area contributed by atoms with Gasteiger partial charge in [-0.1, -0.05) is 5.16 Å². The molecule has 2 aromatic heterocycles. The first-order valence-electron chi connectivity index (χ1n) is 5.50. The molecule has 0 saturated heterocycles. The molecule has 2 rings (SSSR count).